The van der Waals surface area contributed by atoms with E-state index in [1.807, 2.05) is 0 Å². The lowest BCUT2D eigenvalue weighted by Crippen LogP contribution is -2.17. The second kappa shape index (κ2) is 4.30. The van der Waals surface area contributed by atoms with Crippen LogP contribution in [0.15, 0.2) is 6.07 Å². The summed E-state index contributed by atoms with van der Waals surface area (Å²) >= 11 is 0. The van der Waals surface area contributed by atoms with Crippen LogP contribution in [-0.2, 0) is 0 Å². The Morgan fingerprint density at radius 3 is 1.95 bits per heavy atom. The number of anilines is 2. The van der Waals surface area contributed by atoms with E-state index in [0.717, 1.165) is 6.07 Å². The van der Waals surface area contributed by atoms with E-state index < -0.39 is 21.4 Å². The minimum Gasteiger partial charge on any atom is -0.365 e. The van der Waals surface area contributed by atoms with Gasteiger partial charge < -0.3 is 15.5 Å². The Labute approximate surface area is 118 Å². The molecule has 10 nitrogen and oxygen atoms in total. The lowest BCUT2D eigenvalue weighted by Gasteiger charge is -2.12. The van der Waals surface area contributed by atoms with Gasteiger partial charge in [0.15, 0.2) is 5.69 Å². The predicted octanol–water partition coefficient (Wildman–Crippen LogP) is 0.242. The highest BCUT2D eigenvalue weighted by Gasteiger charge is 2.43. The number of hydrogen-bond donors (Lipinski definition) is 1. The van der Waals surface area contributed by atoms with Gasteiger partial charge in [0.25, 0.3) is 5.91 Å². The SMILES string of the molecule is NC(=O)c1cc(N2CC2)c([N+](=O)[O-])c(N2CC2)c1[N+](=O)[O-]. The highest BCUT2D eigenvalue weighted by atomic mass is 16.6. The van der Waals surface area contributed by atoms with Gasteiger partial charge in [-0.15, -0.1) is 0 Å². The number of rotatable bonds is 5. The van der Waals surface area contributed by atoms with Crippen LogP contribution in [0.2, 0.25) is 0 Å². The number of primary amides is 1. The number of nitro groups is 2. The molecule has 1 amide bonds. The van der Waals surface area contributed by atoms with E-state index >= 15 is 0 Å². The number of nitro benzene ring substituents is 2. The van der Waals surface area contributed by atoms with E-state index in [1.54, 1.807) is 4.90 Å². The second-order valence-corrected chi connectivity index (χ2v) is 4.84. The highest BCUT2D eigenvalue weighted by molar-refractivity contribution is 6.04. The molecule has 3 rings (SSSR count). The third-order valence-corrected chi connectivity index (χ3v) is 3.41. The van der Waals surface area contributed by atoms with E-state index in [-0.39, 0.29) is 22.6 Å². The average Bonchev–Trinajstić information content (AvgIpc) is 3.28. The number of amides is 1. The Hall–Kier alpha value is -2.91. The molecular weight excluding hydrogens is 282 g/mol. The summed E-state index contributed by atoms with van der Waals surface area (Å²) in [5, 5.41) is 22.7. The predicted molar refractivity (Wildman–Crippen MR) is 72.7 cm³/mol. The van der Waals surface area contributed by atoms with Crippen molar-refractivity contribution in [1.29, 1.82) is 0 Å². The summed E-state index contributed by atoms with van der Waals surface area (Å²) in [4.78, 5) is 35.9. The summed E-state index contributed by atoms with van der Waals surface area (Å²) in [6.07, 6.45) is 0. The van der Waals surface area contributed by atoms with Crippen molar-refractivity contribution < 1.29 is 14.6 Å². The molecule has 1 aromatic carbocycles. The first kappa shape index (κ1) is 13.1. The van der Waals surface area contributed by atoms with Gasteiger partial charge >= 0.3 is 11.4 Å². The molecule has 1 aromatic rings. The van der Waals surface area contributed by atoms with Crippen LogP contribution >= 0.6 is 0 Å². The molecule has 21 heavy (non-hydrogen) atoms. The van der Waals surface area contributed by atoms with E-state index in [1.165, 1.54) is 4.90 Å². The third-order valence-electron chi connectivity index (χ3n) is 3.41. The Morgan fingerprint density at radius 2 is 1.57 bits per heavy atom. The van der Waals surface area contributed by atoms with Crippen molar-refractivity contribution in [1.82, 2.24) is 0 Å². The van der Waals surface area contributed by atoms with Crippen LogP contribution in [-0.4, -0.2) is 41.9 Å². The van der Waals surface area contributed by atoms with Crippen LogP contribution in [0.5, 0.6) is 0 Å². The van der Waals surface area contributed by atoms with Gasteiger partial charge in [0.05, 0.1) is 9.85 Å². The van der Waals surface area contributed by atoms with Crippen LogP contribution < -0.4 is 15.5 Å². The minimum atomic E-state index is -0.970. The molecule has 0 spiro atoms. The van der Waals surface area contributed by atoms with Gasteiger partial charge in [-0.05, 0) is 6.07 Å². The zero-order valence-corrected chi connectivity index (χ0v) is 10.8. The summed E-state index contributed by atoms with van der Waals surface area (Å²) in [5.41, 5.74) is 4.08. The lowest BCUT2D eigenvalue weighted by atomic mass is 10.1. The van der Waals surface area contributed by atoms with Gasteiger partial charge in [0.1, 0.15) is 11.3 Å². The Balaban J connectivity index is 2.36. The number of carbonyl (C=O) groups excluding carboxylic acids is 1. The third kappa shape index (κ3) is 2.10. The van der Waals surface area contributed by atoms with E-state index in [2.05, 4.69) is 0 Å². The Kier molecular flexibility index (Phi) is 2.68. The van der Waals surface area contributed by atoms with Gasteiger partial charge in [0, 0.05) is 26.2 Å². The molecule has 0 aliphatic carbocycles. The fraction of sp³-hybridized carbons (Fsp3) is 0.364. The van der Waals surface area contributed by atoms with Crippen molar-refractivity contribution in [2.24, 2.45) is 5.73 Å². The van der Waals surface area contributed by atoms with Crippen molar-refractivity contribution in [3.63, 3.8) is 0 Å². The van der Waals surface area contributed by atoms with Gasteiger partial charge in [-0.25, -0.2) is 0 Å². The van der Waals surface area contributed by atoms with Crippen molar-refractivity contribution in [3.05, 3.63) is 31.9 Å². The van der Waals surface area contributed by atoms with Gasteiger partial charge in [-0.3, -0.25) is 25.0 Å². The van der Waals surface area contributed by atoms with Crippen LogP contribution in [0.25, 0.3) is 0 Å². The van der Waals surface area contributed by atoms with Gasteiger partial charge in [0.2, 0.25) is 0 Å². The number of nitrogens with two attached hydrogens (primary N) is 1. The molecule has 0 radical (unpaired) electrons. The Bertz CT molecular complexity index is 680. The summed E-state index contributed by atoms with van der Waals surface area (Å²) in [7, 11) is 0. The molecule has 2 aliphatic rings. The monoisotopic (exact) mass is 293 g/mol. The molecule has 2 aliphatic heterocycles. The first-order valence-electron chi connectivity index (χ1n) is 6.21. The summed E-state index contributed by atoms with van der Waals surface area (Å²) in [6.45, 7) is 2.17. The lowest BCUT2D eigenvalue weighted by molar-refractivity contribution is -0.392. The van der Waals surface area contributed by atoms with Crippen molar-refractivity contribution >= 4 is 28.7 Å². The topological polar surface area (TPSA) is 135 Å². The maximum Gasteiger partial charge on any atom is 0.322 e. The summed E-state index contributed by atoms with van der Waals surface area (Å²) in [5.74, 6) is -0.970. The summed E-state index contributed by atoms with van der Waals surface area (Å²) < 4.78 is 0. The second-order valence-electron chi connectivity index (χ2n) is 4.84. The van der Waals surface area contributed by atoms with Gasteiger partial charge in [-0.2, -0.15) is 0 Å². The smallest absolute Gasteiger partial charge is 0.322 e. The van der Waals surface area contributed by atoms with Crippen LogP contribution in [0.4, 0.5) is 22.7 Å². The largest absolute Gasteiger partial charge is 0.365 e. The molecule has 2 fully saturated rings. The van der Waals surface area contributed by atoms with E-state index in [9.17, 15) is 25.0 Å². The Morgan fingerprint density at radius 1 is 1.05 bits per heavy atom. The maximum atomic E-state index is 11.5. The zero-order chi connectivity index (χ0) is 15.3. The number of nitrogens with zero attached hydrogens (tertiary/aromatic N) is 4. The molecule has 110 valence electrons. The molecule has 0 bridgehead atoms. The fourth-order valence-electron chi connectivity index (χ4n) is 2.29. The van der Waals surface area contributed by atoms with Crippen LogP contribution in [0.3, 0.4) is 0 Å². The molecule has 2 saturated heterocycles. The summed E-state index contributed by atoms with van der Waals surface area (Å²) in [6, 6.07) is 1.15. The molecule has 0 saturated carbocycles. The standard InChI is InChI=1S/C11H11N5O5/c12-11(17)6-5-7(13-1-2-13)9(16(20)21)10(14-3-4-14)8(6)15(18)19/h5H,1-4H2,(H2,12,17). The zero-order valence-electron chi connectivity index (χ0n) is 10.8. The van der Waals surface area contributed by atoms with E-state index in [4.69, 9.17) is 5.73 Å². The fourth-order valence-corrected chi connectivity index (χ4v) is 2.29. The van der Waals surface area contributed by atoms with Crippen molar-refractivity contribution in [3.8, 4) is 0 Å². The molecule has 0 aromatic heterocycles. The number of carbonyl (C=O) groups is 1. The molecule has 2 N–H and O–H groups in total. The molecule has 0 atom stereocenters. The van der Waals surface area contributed by atoms with Crippen molar-refractivity contribution in [2.75, 3.05) is 36.0 Å². The number of hydrogen-bond acceptors (Lipinski definition) is 7. The van der Waals surface area contributed by atoms with Crippen LogP contribution in [0.1, 0.15) is 10.4 Å². The highest BCUT2D eigenvalue weighted by Crippen LogP contribution is 2.49. The number of benzene rings is 1. The van der Waals surface area contributed by atoms with Crippen LogP contribution in [0, 0.1) is 20.2 Å². The quantitative estimate of drug-likeness (QED) is 0.466. The van der Waals surface area contributed by atoms with Gasteiger partial charge in [-0.1, -0.05) is 0 Å². The average molecular weight is 293 g/mol. The first-order chi connectivity index (χ1) is 9.91. The molecular formula is C11H11N5O5. The molecule has 2 heterocycles. The maximum absolute atomic E-state index is 11.5. The normalized spacial score (nSPS) is 15.8. The molecule has 10 heteroatoms. The van der Waals surface area contributed by atoms with Crippen molar-refractivity contribution in [2.45, 2.75) is 0 Å². The first-order valence-corrected chi connectivity index (χ1v) is 6.21. The molecule has 0 unspecified atom stereocenters. The van der Waals surface area contributed by atoms with E-state index in [0.29, 0.717) is 26.2 Å². The minimum absolute atomic E-state index is 0.122.